The number of nitrogens with zero attached hydrogens (tertiary/aromatic N) is 4. The highest BCUT2D eigenvalue weighted by molar-refractivity contribution is 5.93. The van der Waals surface area contributed by atoms with Crippen molar-refractivity contribution < 1.29 is 14.7 Å². The van der Waals surface area contributed by atoms with Crippen LogP contribution in [-0.2, 0) is 11.8 Å². The van der Waals surface area contributed by atoms with Crippen LogP contribution in [0, 0.1) is 12.3 Å². The lowest BCUT2D eigenvalue weighted by Crippen LogP contribution is -2.24. The minimum atomic E-state index is -0.722. The second-order valence-corrected chi connectivity index (χ2v) is 7.12. The summed E-state index contributed by atoms with van der Waals surface area (Å²) in [5.74, 6) is 1.86. The third-order valence-corrected chi connectivity index (χ3v) is 4.92. The van der Waals surface area contributed by atoms with Crippen molar-refractivity contribution in [2.45, 2.75) is 12.5 Å². The Labute approximate surface area is 180 Å². The second-order valence-electron chi connectivity index (χ2n) is 7.12. The molecule has 0 bridgehead atoms. The van der Waals surface area contributed by atoms with E-state index in [1.54, 1.807) is 24.0 Å². The molecule has 2 aromatic heterocycles. The minimum Gasteiger partial charge on any atom is -0.383 e. The molecule has 1 saturated heterocycles. The van der Waals surface area contributed by atoms with E-state index in [0.717, 1.165) is 22.4 Å². The van der Waals surface area contributed by atoms with Gasteiger partial charge in [0.2, 0.25) is 0 Å². The van der Waals surface area contributed by atoms with Crippen LogP contribution < -0.4 is 5.73 Å². The van der Waals surface area contributed by atoms with Crippen molar-refractivity contribution in [1.82, 2.24) is 19.7 Å². The highest BCUT2D eigenvalue weighted by atomic mass is 16.3. The lowest BCUT2D eigenvalue weighted by atomic mass is 10.0. The summed E-state index contributed by atoms with van der Waals surface area (Å²) in [6, 6.07) is 12.8. The number of hydrogen-bond donors (Lipinski definition) is 2. The van der Waals surface area contributed by atoms with Crippen molar-refractivity contribution in [2.75, 3.05) is 13.6 Å². The Morgan fingerprint density at radius 2 is 2.00 bits per heavy atom. The number of pyridine rings is 1. The highest BCUT2D eigenvalue weighted by Gasteiger charge is 2.26. The summed E-state index contributed by atoms with van der Waals surface area (Å²) in [4.78, 5) is 28.1. The van der Waals surface area contributed by atoms with Crippen molar-refractivity contribution in [3.05, 3.63) is 59.9 Å². The molecule has 3 N–H and O–H groups in total. The Bertz CT molecular complexity index is 1150. The van der Waals surface area contributed by atoms with E-state index in [9.17, 15) is 9.59 Å². The number of likely N-dealkylation sites (tertiary alicyclic amines) is 1. The van der Waals surface area contributed by atoms with E-state index in [-0.39, 0.29) is 11.6 Å². The van der Waals surface area contributed by atoms with Gasteiger partial charge in [-0.25, -0.2) is 4.98 Å². The first-order chi connectivity index (χ1) is 14.8. The Morgan fingerprint density at radius 3 is 2.52 bits per heavy atom. The smallest absolute Gasteiger partial charge is 0.267 e. The van der Waals surface area contributed by atoms with Gasteiger partial charge in [0.1, 0.15) is 11.8 Å². The lowest BCUT2D eigenvalue weighted by Gasteiger charge is -2.08. The third-order valence-electron chi connectivity index (χ3n) is 4.92. The maximum absolute atomic E-state index is 11.6. The third kappa shape index (κ3) is 4.97. The Balaban J connectivity index is 0.000000287. The van der Waals surface area contributed by atoms with E-state index >= 15 is 0 Å². The number of benzene rings is 1. The number of likely N-dealkylation sites (N-methyl/N-ethyl adjacent to an activating group) is 1. The molecule has 0 aliphatic carbocycles. The van der Waals surface area contributed by atoms with Crippen LogP contribution in [0.15, 0.2) is 48.7 Å². The number of carbonyl (C=O) groups is 2. The van der Waals surface area contributed by atoms with Crippen LogP contribution >= 0.6 is 0 Å². The molecule has 0 saturated carbocycles. The van der Waals surface area contributed by atoms with Crippen LogP contribution in [0.3, 0.4) is 0 Å². The number of primary amides is 1. The standard InChI is InChI=1S/C18H14N4O.C5H9NO2/c1-3-12-5-4-6-13(9-12)15-10-14(11-16(21-15)18(19)23)17-7-8-20-22(17)2;1-6-3-2-4(7)5(6)8/h1,4-11H,2H3,(H2,19,23);4,7H,2-3H2,1H3. The van der Waals surface area contributed by atoms with Gasteiger partial charge in [-0.1, -0.05) is 18.1 Å². The van der Waals surface area contributed by atoms with E-state index in [1.807, 2.05) is 43.4 Å². The topological polar surface area (TPSA) is 114 Å². The SMILES string of the molecule is C#Cc1cccc(-c2cc(-c3ccnn3C)cc(C(N)=O)n2)c1.CN1CCC(O)C1=O. The fourth-order valence-electron chi connectivity index (χ4n) is 3.18. The number of nitrogens with two attached hydrogens (primary N) is 1. The van der Waals surface area contributed by atoms with Gasteiger partial charge in [-0.05, 0) is 36.8 Å². The average Bonchev–Trinajstić information content (AvgIpc) is 3.34. The van der Waals surface area contributed by atoms with Crippen molar-refractivity contribution >= 4 is 11.8 Å². The maximum Gasteiger partial charge on any atom is 0.267 e. The summed E-state index contributed by atoms with van der Waals surface area (Å²) in [7, 11) is 3.52. The zero-order valence-electron chi connectivity index (χ0n) is 17.3. The number of terminal acetylenes is 1. The van der Waals surface area contributed by atoms with E-state index in [0.29, 0.717) is 18.7 Å². The molecule has 0 radical (unpaired) electrons. The monoisotopic (exact) mass is 417 g/mol. The fraction of sp³-hybridized carbons (Fsp3) is 0.217. The normalized spacial score (nSPS) is 15.2. The number of aliphatic hydroxyl groups excluding tert-OH is 1. The molecule has 4 rings (SSSR count). The number of aromatic nitrogens is 3. The Kier molecular flexibility index (Phi) is 6.48. The Hall–Kier alpha value is -3.96. The van der Waals surface area contributed by atoms with Gasteiger partial charge in [-0.2, -0.15) is 5.10 Å². The first kappa shape index (κ1) is 21.7. The van der Waals surface area contributed by atoms with Gasteiger partial charge in [-0.3, -0.25) is 14.3 Å². The van der Waals surface area contributed by atoms with Crippen molar-refractivity contribution in [3.8, 4) is 34.9 Å². The van der Waals surface area contributed by atoms with Crippen molar-refractivity contribution in [1.29, 1.82) is 0 Å². The summed E-state index contributed by atoms with van der Waals surface area (Å²) < 4.78 is 1.72. The molecule has 3 aromatic rings. The molecule has 8 heteroatoms. The molecule has 1 aromatic carbocycles. The first-order valence-corrected chi connectivity index (χ1v) is 9.60. The van der Waals surface area contributed by atoms with Crippen LogP contribution in [0.5, 0.6) is 0 Å². The first-order valence-electron chi connectivity index (χ1n) is 9.60. The number of aryl methyl sites for hydroxylation is 1. The van der Waals surface area contributed by atoms with Gasteiger partial charge in [0.05, 0.1) is 11.4 Å². The van der Waals surface area contributed by atoms with Crippen LogP contribution in [0.25, 0.3) is 22.5 Å². The minimum absolute atomic E-state index is 0.148. The van der Waals surface area contributed by atoms with E-state index < -0.39 is 12.0 Å². The molecule has 3 heterocycles. The summed E-state index contributed by atoms with van der Waals surface area (Å²) in [6.45, 7) is 0.694. The van der Waals surface area contributed by atoms with Crippen LogP contribution in [0.4, 0.5) is 0 Å². The summed E-state index contributed by atoms with van der Waals surface area (Å²) in [5.41, 5.74) is 9.51. The molecular formula is C23H23N5O3. The van der Waals surface area contributed by atoms with E-state index in [1.165, 1.54) is 4.90 Å². The van der Waals surface area contributed by atoms with Gasteiger partial charge in [-0.15, -0.1) is 6.42 Å². The zero-order valence-corrected chi connectivity index (χ0v) is 17.3. The van der Waals surface area contributed by atoms with E-state index in [2.05, 4.69) is 16.0 Å². The summed E-state index contributed by atoms with van der Waals surface area (Å²) in [6.07, 6.45) is 7.01. The molecule has 31 heavy (non-hydrogen) atoms. The summed E-state index contributed by atoms with van der Waals surface area (Å²) in [5, 5.41) is 12.9. The van der Waals surface area contributed by atoms with Crippen molar-refractivity contribution in [2.24, 2.45) is 12.8 Å². The number of aliphatic hydroxyl groups is 1. The molecule has 158 valence electrons. The second kappa shape index (κ2) is 9.24. The molecular weight excluding hydrogens is 394 g/mol. The quantitative estimate of drug-likeness (QED) is 0.626. The van der Waals surface area contributed by atoms with Gasteiger partial charge in [0.25, 0.3) is 11.8 Å². The predicted octanol–water partition coefficient (Wildman–Crippen LogP) is 1.44. The molecule has 1 atom stereocenters. The zero-order chi connectivity index (χ0) is 22.5. The van der Waals surface area contributed by atoms with Crippen LogP contribution in [0.2, 0.25) is 0 Å². The predicted molar refractivity (Wildman–Crippen MR) is 117 cm³/mol. The number of carbonyl (C=O) groups excluding carboxylic acids is 2. The summed E-state index contributed by atoms with van der Waals surface area (Å²) >= 11 is 0. The fourth-order valence-corrected chi connectivity index (χ4v) is 3.18. The number of hydrogen-bond acceptors (Lipinski definition) is 5. The highest BCUT2D eigenvalue weighted by Crippen LogP contribution is 2.26. The van der Waals surface area contributed by atoms with Crippen LogP contribution in [0.1, 0.15) is 22.5 Å². The molecule has 8 nitrogen and oxygen atoms in total. The van der Waals surface area contributed by atoms with Crippen LogP contribution in [-0.4, -0.2) is 56.3 Å². The van der Waals surface area contributed by atoms with Crippen molar-refractivity contribution in [3.63, 3.8) is 0 Å². The van der Waals surface area contributed by atoms with Gasteiger partial charge < -0.3 is 15.7 Å². The molecule has 1 unspecified atom stereocenters. The van der Waals surface area contributed by atoms with Gasteiger partial charge in [0, 0.05) is 43.5 Å². The lowest BCUT2D eigenvalue weighted by molar-refractivity contribution is -0.133. The Morgan fingerprint density at radius 1 is 1.23 bits per heavy atom. The average molecular weight is 417 g/mol. The molecule has 1 fully saturated rings. The largest absolute Gasteiger partial charge is 0.383 e. The number of rotatable bonds is 3. The number of amides is 2. The molecule has 1 aliphatic heterocycles. The molecule has 2 amide bonds. The molecule has 0 spiro atoms. The van der Waals surface area contributed by atoms with Gasteiger partial charge in [0.15, 0.2) is 0 Å². The molecule has 1 aliphatic rings. The van der Waals surface area contributed by atoms with E-state index in [4.69, 9.17) is 17.3 Å². The maximum atomic E-state index is 11.6. The van der Waals surface area contributed by atoms with Gasteiger partial charge >= 0.3 is 0 Å².